The number of aliphatic hydroxyl groups is 1. The molecule has 1 aromatic rings. The third-order valence-corrected chi connectivity index (χ3v) is 2.62. The predicted molar refractivity (Wildman–Crippen MR) is 72.6 cm³/mol. The first-order valence-corrected chi connectivity index (χ1v) is 6.05. The van der Waals surface area contributed by atoms with Crippen molar-refractivity contribution in [3.8, 4) is 0 Å². The fourth-order valence-corrected chi connectivity index (χ4v) is 1.71. The number of aliphatic carboxylic acids is 1. The van der Waals surface area contributed by atoms with Crippen molar-refractivity contribution in [1.29, 1.82) is 0 Å². The zero-order valence-electron chi connectivity index (χ0n) is 10.5. The maximum Gasteiger partial charge on any atom is 0.305 e. The lowest BCUT2D eigenvalue weighted by molar-refractivity contribution is -0.139. The van der Waals surface area contributed by atoms with Crippen LogP contribution >= 0.6 is 0 Å². The molecule has 0 saturated heterocycles. The standard InChI is InChI=1S/C14H17NO4/c16-13(10-14(17)18)9-12(15-19)8-4-7-11-5-2-1-3-6-11/h1-7,12-13,16H,8-10H2,(H,17,18)/b7-4+. The molecule has 0 aromatic heterocycles. The molecule has 0 aliphatic heterocycles. The second kappa shape index (κ2) is 8.16. The number of carbonyl (C=O) groups is 1. The van der Waals surface area contributed by atoms with E-state index >= 15 is 0 Å². The molecule has 0 saturated carbocycles. The summed E-state index contributed by atoms with van der Waals surface area (Å²) in [6.07, 6.45) is 2.71. The number of rotatable bonds is 8. The molecule has 0 bridgehead atoms. The number of nitrogens with zero attached hydrogens (tertiary/aromatic N) is 1. The number of benzene rings is 1. The summed E-state index contributed by atoms with van der Waals surface area (Å²) in [5.41, 5.74) is 1.01. The van der Waals surface area contributed by atoms with Gasteiger partial charge in [-0.3, -0.25) is 4.79 Å². The normalized spacial score (nSPS) is 14.2. The molecule has 2 N–H and O–H groups in total. The van der Waals surface area contributed by atoms with Gasteiger partial charge in [0.1, 0.15) is 0 Å². The molecule has 0 aliphatic carbocycles. The van der Waals surface area contributed by atoms with E-state index in [0.717, 1.165) is 5.56 Å². The van der Waals surface area contributed by atoms with E-state index in [9.17, 15) is 14.8 Å². The van der Waals surface area contributed by atoms with Crippen molar-refractivity contribution in [1.82, 2.24) is 0 Å². The Labute approximate surface area is 111 Å². The van der Waals surface area contributed by atoms with Crippen LogP contribution in [-0.4, -0.2) is 28.3 Å². The molecule has 1 rings (SSSR count). The molecule has 0 spiro atoms. The van der Waals surface area contributed by atoms with Gasteiger partial charge in [-0.25, -0.2) is 0 Å². The summed E-state index contributed by atoms with van der Waals surface area (Å²) in [6.45, 7) is 0. The number of carboxylic acids is 1. The monoisotopic (exact) mass is 263 g/mol. The Morgan fingerprint density at radius 2 is 2.00 bits per heavy atom. The first-order valence-electron chi connectivity index (χ1n) is 6.05. The van der Waals surface area contributed by atoms with E-state index in [0.29, 0.717) is 6.42 Å². The molecule has 2 atom stereocenters. The Hall–Kier alpha value is -2.01. The van der Waals surface area contributed by atoms with E-state index in [1.807, 2.05) is 36.4 Å². The smallest absolute Gasteiger partial charge is 0.305 e. The lowest BCUT2D eigenvalue weighted by Crippen LogP contribution is -2.19. The lowest BCUT2D eigenvalue weighted by Gasteiger charge is -2.10. The van der Waals surface area contributed by atoms with E-state index in [4.69, 9.17) is 5.11 Å². The van der Waals surface area contributed by atoms with Gasteiger partial charge in [-0.2, -0.15) is 4.91 Å². The molecule has 0 fully saturated rings. The van der Waals surface area contributed by atoms with Gasteiger partial charge in [0, 0.05) is 0 Å². The molecule has 5 heteroatoms. The minimum absolute atomic E-state index is 0.0644. The van der Waals surface area contributed by atoms with E-state index in [1.165, 1.54) is 0 Å². The van der Waals surface area contributed by atoms with Crippen molar-refractivity contribution in [3.05, 3.63) is 46.9 Å². The first-order chi connectivity index (χ1) is 9.11. The molecular formula is C14H17NO4. The SMILES string of the molecule is O=NC(C/C=C/c1ccccc1)CC(O)CC(=O)O. The molecular weight excluding hydrogens is 246 g/mol. The molecule has 0 aliphatic rings. The fraction of sp³-hybridized carbons (Fsp3) is 0.357. The predicted octanol–water partition coefficient (Wildman–Crippen LogP) is 2.45. The van der Waals surface area contributed by atoms with Crippen molar-refractivity contribution in [2.24, 2.45) is 5.18 Å². The van der Waals surface area contributed by atoms with Crippen molar-refractivity contribution in [2.75, 3.05) is 0 Å². The molecule has 5 nitrogen and oxygen atoms in total. The average molecular weight is 263 g/mol. The summed E-state index contributed by atoms with van der Waals surface area (Å²) in [5, 5.41) is 20.9. The quantitative estimate of drug-likeness (QED) is 0.705. The second-order valence-corrected chi connectivity index (χ2v) is 4.30. The zero-order chi connectivity index (χ0) is 14.1. The molecule has 1 aromatic carbocycles. The van der Waals surface area contributed by atoms with Gasteiger partial charge < -0.3 is 10.2 Å². The number of hydrogen-bond acceptors (Lipinski definition) is 4. The van der Waals surface area contributed by atoms with Gasteiger partial charge in [0.15, 0.2) is 0 Å². The highest BCUT2D eigenvalue weighted by Crippen LogP contribution is 2.12. The first kappa shape index (κ1) is 15.0. The van der Waals surface area contributed by atoms with Gasteiger partial charge >= 0.3 is 5.97 Å². The molecule has 0 radical (unpaired) electrons. The largest absolute Gasteiger partial charge is 0.481 e. The Balaban J connectivity index is 2.42. The minimum Gasteiger partial charge on any atom is -0.481 e. The summed E-state index contributed by atoms with van der Waals surface area (Å²) < 4.78 is 0. The highest BCUT2D eigenvalue weighted by Gasteiger charge is 2.16. The van der Waals surface area contributed by atoms with Crippen LogP contribution in [0.4, 0.5) is 0 Å². The summed E-state index contributed by atoms with van der Waals surface area (Å²) in [5.74, 6) is -1.09. The van der Waals surface area contributed by atoms with Crippen LogP contribution in [0.25, 0.3) is 6.08 Å². The summed E-state index contributed by atoms with van der Waals surface area (Å²) >= 11 is 0. The van der Waals surface area contributed by atoms with Gasteiger partial charge in [-0.05, 0) is 18.4 Å². The lowest BCUT2D eigenvalue weighted by atomic mass is 10.0. The number of nitroso groups, excluding NO2 is 1. The van der Waals surface area contributed by atoms with Crippen LogP contribution in [-0.2, 0) is 4.79 Å². The molecule has 0 amide bonds. The van der Waals surface area contributed by atoms with Gasteiger partial charge in [-0.1, -0.05) is 47.7 Å². The Kier molecular flexibility index (Phi) is 6.46. The Morgan fingerprint density at radius 1 is 1.32 bits per heavy atom. The summed E-state index contributed by atoms with van der Waals surface area (Å²) in [7, 11) is 0. The van der Waals surface area contributed by atoms with Crippen molar-refractivity contribution >= 4 is 12.0 Å². The van der Waals surface area contributed by atoms with Gasteiger partial charge in [-0.15, -0.1) is 0 Å². The number of hydrogen-bond donors (Lipinski definition) is 2. The van der Waals surface area contributed by atoms with Crippen molar-refractivity contribution < 1.29 is 15.0 Å². The average Bonchev–Trinajstić information content (AvgIpc) is 2.38. The number of aliphatic hydroxyl groups excluding tert-OH is 1. The zero-order valence-corrected chi connectivity index (χ0v) is 10.5. The maximum absolute atomic E-state index is 10.6. The molecule has 0 heterocycles. The highest BCUT2D eigenvalue weighted by molar-refractivity contribution is 5.67. The molecule has 2 unspecified atom stereocenters. The Bertz CT molecular complexity index is 430. The van der Waals surface area contributed by atoms with Crippen LogP contribution in [0.2, 0.25) is 0 Å². The molecule has 102 valence electrons. The van der Waals surface area contributed by atoms with Crippen LogP contribution in [0.15, 0.2) is 41.6 Å². The van der Waals surface area contributed by atoms with Crippen LogP contribution in [0, 0.1) is 4.91 Å². The van der Waals surface area contributed by atoms with Crippen molar-refractivity contribution in [3.63, 3.8) is 0 Å². The van der Waals surface area contributed by atoms with Crippen LogP contribution in [0.1, 0.15) is 24.8 Å². The number of carboxylic acid groups (broad SMARTS) is 1. The Morgan fingerprint density at radius 3 is 2.58 bits per heavy atom. The maximum atomic E-state index is 10.6. The third-order valence-electron chi connectivity index (χ3n) is 2.62. The van der Waals surface area contributed by atoms with E-state index in [2.05, 4.69) is 5.18 Å². The van der Waals surface area contributed by atoms with Gasteiger partial charge in [0.2, 0.25) is 0 Å². The fourth-order valence-electron chi connectivity index (χ4n) is 1.71. The van der Waals surface area contributed by atoms with Crippen LogP contribution < -0.4 is 0 Å². The minimum atomic E-state index is -1.09. The third kappa shape index (κ3) is 6.47. The summed E-state index contributed by atoms with van der Waals surface area (Å²) in [4.78, 5) is 21.0. The van der Waals surface area contributed by atoms with E-state index in [-0.39, 0.29) is 12.8 Å². The van der Waals surface area contributed by atoms with E-state index < -0.39 is 18.1 Å². The summed E-state index contributed by atoms with van der Waals surface area (Å²) in [6, 6.07) is 8.99. The van der Waals surface area contributed by atoms with Crippen LogP contribution in [0.5, 0.6) is 0 Å². The van der Waals surface area contributed by atoms with Crippen molar-refractivity contribution in [2.45, 2.75) is 31.4 Å². The topological polar surface area (TPSA) is 87.0 Å². The van der Waals surface area contributed by atoms with Gasteiger partial charge in [0.05, 0.1) is 18.6 Å². The highest BCUT2D eigenvalue weighted by atomic mass is 16.4. The van der Waals surface area contributed by atoms with Gasteiger partial charge in [0.25, 0.3) is 0 Å². The molecule has 19 heavy (non-hydrogen) atoms. The second-order valence-electron chi connectivity index (χ2n) is 4.30. The van der Waals surface area contributed by atoms with Crippen LogP contribution in [0.3, 0.4) is 0 Å². The van der Waals surface area contributed by atoms with E-state index in [1.54, 1.807) is 6.08 Å².